The highest BCUT2D eigenvalue weighted by Crippen LogP contribution is 2.48. The summed E-state index contributed by atoms with van der Waals surface area (Å²) in [5, 5.41) is 1.20. The van der Waals surface area contributed by atoms with Gasteiger partial charge in [0.25, 0.3) is 0 Å². The maximum Gasteiger partial charge on any atom is 0.311 e. The van der Waals surface area contributed by atoms with Crippen LogP contribution in [0.25, 0.3) is 10.9 Å². The molecule has 5 unspecified atom stereocenters. The van der Waals surface area contributed by atoms with Gasteiger partial charge in [-0.2, -0.15) is 0 Å². The van der Waals surface area contributed by atoms with Gasteiger partial charge in [0.15, 0.2) is 11.5 Å². The standard InChI is InChI=1S/C23H30N2O5/c1-12-16-10-25-6-5-13-15-8-20(27-2)21(28-3)9-18(15)24-22(13)19(25)7-14(16)17(11-30-12)23(26)29-4/h8-9,12,14,16-17,19,24H,5-7,10-11H2,1-4H3. The van der Waals surface area contributed by atoms with Crippen molar-refractivity contribution in [3.05, 3.63) is 23.4 Å². The molecule has 0 radical (unpaired) electrons. The van der Waals surface area contributed by atoms with Crippen LogP contribution in [0.5, 0.6) is 11.5 Å². The first-order chi connectivity index (χ1) is 14.5. The number of carbonyl (C=O) groups is 1. The predicted octanol–water partition coefficient (Wildman–Crippen LogP) is 2.93. The highest BCUT2D eigenvalue weighted by atomic mass is 16.5. The number of benzene rings is 1. The average Bonchev–Trinajstić information content (AvgIpc) is 3.14. The topological polar surface area (TPSA) is 73.0 Å². The number of nitrogens with zero attached hydrogens (tertiary/aromatic N) is 1. The second-order valence-corrected chi connectivity index (χ2v) is 8.76. The van der Waals surface area contributed by atoms with Crippen LogP contribution < -0.4 is 9.47 Å². The third kappa shape index (κ3) is 2.90. The summed E-state index contributed by atoms with van der Waals surface area (Å²) in [6.45, 7) is 4.56. The van der Waals surface area contributed by atoms with Crippen LogP contribution in [0, 0.1) is 17.8 Å². The van der Waals surface area contributed by atoms with E-state index in [0.717, 1.165) is 42.9 Å². The Morgan fingerprint density at radius 1 is 1.17 bits per heavy atom. The monoisotopic (exact) mass is 414 g/mol. The number of aromatic nitrogens is 1. The number of carbonyl (C=O) groups excluding carboxylic acids is 1. The summed E-state index contributed by atoms with van der Waals surface area (Å²) in [5.41, 5.74) is 3.71. The van der Waals surface area contributed by atoms with Crippen molar-refractivity contribution in [3.63, 3.8) is 0 Å². The molecule has 1 aromatic carbocycles. The Morgan fingerprint density at radius 3 is 2.67 bits per heavy atom. The Morgan fingerprint density at radius 2 is 1.93 bits per heavy atom. The lowest BCUT2D eigenvalue weighted by Crippen LogP contribution is -2.55. The number of methoxy groups -OCH3 is 3. The van der Waals surface area contributed by atoms with Crippen LogP contribution >= 0.6 is 0 Å². The van der Waals surface area contributed by atoms with Crippen molar-refractivity contribution in [1.29, 1.82) is 0 Å². The van der Waals surface area contributed by atoms with Crippen molar-refractivity contribution in [1.82, 2.24) is 9.88 Å². The zero-order chi connectivity index (χ0) is 21.0. The summed E-state index contributed by atoms with van der Waals surface area (Å²) in [6.07, 6.45) is 2.09. The highest BCUT2D eigenvalue weighted by molar-refractivity contribution is 5.88. The van der Waals surface area contributed by atoms with Crippen molar-refractivity contribution >= 4 is 16.9 Å². The first-order valence-electron chi connectivity index (χ1n) is 10.8. The average molecular weight is 415 g/mol. The molecule has 4 heterocycles. The molecule has 0 bridgehead atoms. The number of fused-ring (bicyclic) bond motifs is 6. The maximum absolute atomic E-state index is 12.5. The number of nitrogens with one attached hydrogen (secondary N) is 1. The molecule has 0 saturated carbocycles. The van der Waals surface area contributed by atoms with Crippen molar-refractivity contribution in [2.24, 2.45) is 17.8 Å². The Bertz CT molecular complexity index is 970. The van der Waals surface area contributed by atoms with Crippen molar-refractivity contribution in [2.75, 3.05) is 41.0 Å². The lowest BCUT2D eigenvalue weighted by atomic mass is 9.69. The first kappa shape index (κ1) is 19.7. The molecular formula is C23H30N2O5. The minimum atomic E-state index is -0.187. The number of H-pyrrole nitrogens is 1. The van der Waals surface area contributed by atoms with Gasteiger partial charge in [0, 0.05) is 41.7 Å². The van der Waals surface area contributed by atoms with Crippen LogP contribution in [0.2, 0.25) is 0 Å². The zero-order valence-electron chi connectivity index (χ0n) is 18.1. The Labute approximate surface area is 176 Å². The lowest BCUT2D eigenvalue weighted by Gasteiger charge is -2.51. The van der Waals surface area contributed by atoms with Crippen molar-refractivity contribution in [2.45, 2.75) is 31.9 Å². The molecule has 162 valence electrons. The van der Waals surface area contributed by atoms with Crippen LogP contribution in [0.1, 0.15) is 30.6 Å². The summed E-state index contributed by atoms with van der Waals surface area (Å²) in [4.78, 5) is 18.7. The van der Waals surface area contributed by atoms with E-state index in [4.69, 9.17) is 18.9 Å². The second-order valence-electron chi connectivity index (χ2n) is 8.76. The van der Waals surface area contributed by atoms with E-state index in [1.165, 1.54) is 23.8 Å². The van der Waals surface area contributed by atoms with Gasteiger partial charge in [0.1, 0.15) is 0 Å². The normalized spacial score (nSPS) is 30.9. The van der Waals surface area contributed by atoms with E-state index in [1.54, 1.807) is 14.2 Å². The van der Waals surface area contributed by atoms with E-state index in [0.29, 0.717) is 12.5 Å². The zero-order valence-corrected chi connectivity index (χ0v) is 18.1. The van der Waals surface area contributed by atoms with Gasteiger partial charge in [-0.05, 0) is 37.3 Å². The number of hydrogen-bond acceptors (Lipinski definition) is 6. The van der Waals surface area contributed by atoms with Gasteiger partial charge in [-0.15, -0.1) is 0 Å². The molecule has 0 aliphatic carbocycles. The number of piperidine rings is 1. The number of hydrogen-bond donors (Lipinski definition) is 1. The van der Waals surface area contributed by atoms with E-state index in [-0.39, 0.29) is 30.0 Å². The van der Waals surface area contributed by atoms with Crippen LogP contribution in [0.4, 0.5) is 0 Å². The molecule has 3 aliphatic rings. The summed E-state index contributed by atoms with van der Waals surface area (Å²) in [6, 6.07) is 4.38. The van der Waals surface area contributed by atoms with E-state index in [1.807, 2.05) is 6.07 Å². The fourth-order valence-electron chi connectivity index (χ4n) is 5.93. The Hall–Kier alpha value is -2.25. The van der Waals surface area contributed by atoms with E-state index in [2.05, 4.69) is 22.9 Å². The van der Waals surface area contributed by atoms with Crippen molar-refractivity contribution in [3.8, 4) is 11.5 Å². The Kier molecular flexibility index (Phi) is 4.90. The van der Waals surface area contributed by atoms with Gasteiger partial charge in [0.05, 0.1) is 46.0 Å². The molecule has 7 heteroatoms. The van der Waals surface area contributed by atoms with Crippen LogP contribution in [0.15, 0.2) is 12.1 Å². The van der Waals surface area contributed by atoms with E-state index < -0.39 is 0 Å². The molecule has 2 fully saturated rings. The largest absolute Gasteiger partial charge is 0.493 e. The minimum absolute atomic E-state index is 0.146. The molecule has 3 aliphatic heterocycles. The van der Waals surface area contributed by atoms with Crippen molar-refractivity contribution < 1.29 is 23.7 Å². The first-order valence-corrected chi connectivity index (χ1v) is 10.8. The molecule has 5 rings (SSSR count). The number of aromatic amines is 1. The van der Waals surface area contributed by atoms with Crippen LogP contribution in [0.3, 0.4) is 0 Å². The SMILES string of the molecule is COC(=O)C1COC(C)C2CN3CCc4c([nH]c5cc(OC)c(OC)cc45)C3CC12. The second kappa shape index (κ2) is 7.46. The molecule has 2 saturated heterocycles. The summed E-state index contributed by atoms with van der Waals surface area (Å²) < 4.78 is 22.1. The summed E-state index contributed by atoms with van der Waals surface area (Å²) >= 11 is 0. The predicted molar refractivity (Wildman–Crippen MR) is 112 cm³/mol. The molecule has 5 atom stereocenters. The molecule has 0 amide bonds. The fraction of sp³-hybridized carbons (Fsp3) is 0.609. The number of esters is 1. The molecule has 1 N–H and O–H groups in total. The summed E-state index contributed by atoms with van der Waals surface area (Å²) in [5.74, 6) is 1.77. The third-order valence-electron chi connectivity index (χ3n) is 7.52. The van der Waals surface area contributed by atoms with Crippen LogP contribution in [-0.2, 0) is 20.7 Å². The van der Waals surface area contributed by atoms with E-state index in [9.17, 15) is 4.79 Å². The number of rotatable bonds is 3. The van der Waals surface area contributed by atoms with Gasteiger partial charge >= 0.3 is 5.97 Å². The quantitative estimate of drug-likeness (QED) is 0.779. The van der Waals surface area contributed by atoms with Gasteiger partial charge in [-0.25, -0.2) is 0 Å². The number of ether oxygens (including phenoxy) is 4. The van der Waals surface area contributed by atoms with Crippen LogP contribution in [-0.4, -0.2) is 63.0 Å². The van der Waals surface area contributed by atoms with Gasteiger partial charge in [0.2, 0.25) is 0 Å². The molecule has 1 aromatic heterocycles. The molecule has 30 heavy (non-hydrogen) atoms. The Balaban J connectivity index is 1.54. The maximum atomic E-state index is 12.5. The highest BCUT2D eigenvalue weighted by Gasteiger charge is 2.49. The van der Waals surface area contributed by atoms with Gasteiger partial charge < -0.3 is 23.9 Å². The fourth-order valence-corrected chi connectivity index (χ4v) is 5.93. The molecule has 0 spiro atoms. The van der Waals surface area contributed by atoms with E-state index >= 15 is 0 Å². The van der Waals surface area contributed by atoms with Gasteiger partial charge in [-0.3, -0.25) is 9.69 Å². The smallest absolute Gasteiger partial charge is 0.311 e. The van der Waals surface area contributed by atoms with Gasteiger partial charge in [-0.1, -0.05) is 0 Å². The third-order valence-corrected chi connectivity index (χ3v) is 7.52. The lowest BCUT2D eigenvalue weighted by molar-refractivity contribution is -0.169. The molecule has 2 aromatic rings. The molecular weight excluding hydrogens is 384 g/mol. The molecule has 7 nitrogen and oxygen atoms in total. The summed E-state index contributed by atoms with van der Waals surface area (Å²) in [7, 11) is 4.81. The minimum Gasteiger partial charge on any atom is -0.493 e.